The average molecular weight is 328 g/mol. The van der Waals surface area contributed by atoms with Crippen molar-refractivity contribution < 1.29 is 14.7 Å². The van der Waals surface area contributed by atoms with Crippen molar-refractivity contribution in [2.24, 2.45) is 0 Å². The molecule has 0 aliphatic heterocycles. The molecular weight excluding hydrogens is 308 g/mol. The molecule has 0 spiro atoms. The molecule has 4 heteroatoms. The van der Waals surface area contributed by atoms with E-state index in [1.165, 1.54) is 11.8 Å². The Hall–Kier alpha value is -2.07. The molecule has 1 N–H and O–H groups in total. The van der Waals surface area contributed by atoms with Crippen LogP contribution >= 0.6 is 11.8 Å². The van der Waals surface area contributed by atoms with E-state index in [0.717, 1.165) is 5.56 Å². The maximum absolute atomic E-state index is 12.5. The average Bonchev–Trinajstić information content (AvgIpc) is 2.60. The molecule has 0 saturated carbocycles. The van der Waals surface area contributed by atoms with Gasteiger partial charge in [0.05, 0.1) is 0 Å². The minimum Gasteiger partial charge on any atom is -0.480 e. The van der Waals surface area contributed by atoms with Gasteiger partial charge in [-0.2, -0.15) is 0 Å². The Balaban J connectivity index is 2.15. The number of benzene rings is 2. The number of ketones is 1. The summed E-state index contributed by atoms with van der Waals surface area (Å²) in [5, 5.41) is 9.72. The van der Waals surface area contributed by atoms with E-state index in [1.54, 1.807) is 24.3 Å². The highest BCUT2D eigenvalue weighted by Gasteiger charge is 2.39. The van der Waals surface area contributed by atoms with E-state index in [4.69, 9.17) is 0 Å². The first-order valence-electron chi connectivity index (χ1n) is 7.57. The number of hydrogen-bond donors (Lipinski definition) is 1. The van der Waals surface area contributed by atoms with Gasteiger partial charge < -0.3 is 5.11 Å². The molecular formula is C19H20O3S. The van der Waals surface area contributed by atoms with E-state index in [0.29, 0.717) is 17.7 Å². The van der Waals surface area contributed by atoms with Crippen molar-refractivity contribution in [3.8, 4) is 0 Å². The van der Waals surface area contributed by atoms with E-state index in [2.05, 4.69) is 0 Å². The van der Waals surface area contributed by atoms with Crippen LogP contribution in [0.5, 0.6) is 0 Å². The first kappa shape index (κ1) is 17.3. The van der Waals surface area contributed by atoms with Crippen LogP contribution in [-0.4, -0.2) is 21.6 Å². The molecule has 2 aromatic rings. The van der Waals surface area contributed by atoms with Crippen LogP contribution in [0.3, 0.4) is 0 Å². The van der Waals surface area contributed by atoms with Gasteiger partial charge in [-0.15, -0.1) is 11.8 Å². The van der Waals surface area contributed by atoms with Gasteiger partial charge in [0, 0.05) is 17.7 Å². The lowest BCUT2D eigenvalue weighted by Crippen LogP contribution is -2.37. The number of hydrogen-bond acceptors (Lipinski definition) is 3. The van der Waals surface area contributed by atoms with Crippen molar-refractivity contribution >= 4 is 23.5 Å². The summed E-state index contributed by atoms with van der Waals surface area (Å²) in [7, 11) is 0. The molecule has 0 heterocycles. The SMILES string of the molecule is CCC(CC(=O)c1ccccc1)(SCc1ccccc1)C(=O)O. The summed E-state index contributed by atoms with van der Waals surface area (Å²) in [5.74, 6) is -0.483. The predicted octanol–water partition coefficient (Wildman–Crippen LogP) is 4.43. The zero-order chi connectivity index (χ0) is 16.7. The summed E-state index contributed by atoms with van der Waals surface area (Å²) in [4.78, 5) is 24.3. The van der Waals surface area contributed by atoms with Crippen molar-refractivity contribution in [1.82, 2.24) is 0 Å². The van der Waals surface area contributed by atoms with Crippen LogP contribution in [0.15, 0.2) is 60.7 Å². The lowest BCUT2D eigenvalue weighted by atomic mass is 9.95. The second-order valence-corrected chi connectivity index (χ2v) is 6.75. The molecule has 0 amide bonds. The predicted molar refractivity (Wildman–Crippen MR) is 93.8 cm³/mol. The Labute approximate surface area is 140 Å². The highest BCUT2D eigenvalue weighted by atomic mass is 32.2. The molecule has 0 bridgehead atoms. The maximum atomic E-state index is 12.5. The number of carbonyl (C=O) groups is 2. The van der Waals surface area contributed by atoms with Crippen LogP contribution in [-0.2, 0) is 10.5 Å². The molecule has 23 heavy (non-hydrogen) atoms. The number of Topliss-reactive ketones (excluding diaryl/α,β-unsaturated/α-hetero) is 1. The first-order chi connectivity index (χ1) is 11.1. The van der Waals surface area contributed by atoms with Gasteiger partial charge in [0.25, 0.3) is 0 Å². The van der Waals surface area contributed by atoms with E-state index in [9.17, 15) is 14.7 Å². The molecule has 0 aliphatic rings. The summed E-state index contributed by atoms with van der Waals surface area (Å²) in [6.07, 6.45) is 0.402. The Morgan fingerprint density at radius 1 is 1.00 bits per heavy atom. The largest absolute Gasteiger partial charge is 0.480 e. The van der Waals surface area contributed by atoms with E-state index < -0.39 is 10.7 Å². The fourth-order valence-corrected chi connectivity index (χ4v) is 3.54. The number of aliphatic carboxylic acids is 1. The van der Waals surface area contributed by atoms with Gasteiger partial charge in [-0.3, -0.25) is 9.59 Å². The molecule has 2 aromatic carbocycles. The summed E-state index contributed by atoms with van der Waals surface area (Å²) in [5.41, 5.74) is 1.62. The zero-order valence-corrected chi connectivity index (χ0v) is 13.9. The quantitative estimate of drug-likeness (QED) is 0.729. The third-order valence-electron chi connectivity index (χ3n) is 3.86. The van der Waals surface area contributed by atoms with Gasteiger partial charge in [0.2, 0.25) is 0 Å². The third-order valence-corrected chi connectivity index (χ3v) is 5.50. The van der Waals surface area contributed by atoms with Crippen molar-refractivity contribution in [2.45, 2.75) is 30.3 Å². The van der Waals surface area contributed by atoms with E-state index in [1.807, 2.05) is 43.3 Å². The summed E-state index contributed by atoms with van der Waals surface area (Å²) < 4.78 is -1.09. The Kier molecular flexibility index (Phi) is 5.99. The molecule has 0 fully saturated rings. The van der Waals surface area contributed by atoms with Crippen LogP contribution in [0.1, 0.15) is 35.7 Å². The molecule has 2 rings (SSSR count). The van der Waals surface area contributed by atoms with Gasteiger partial charge in [0.1, 0.15) is 4.75 Å². The summed E-state index contributed by atoms with van der Waals surface area (Å²) in [6, 6.07) is 18.6. The second kappa shape index (κ2) is 7.97. The molecule has 0 saturated heterocycles. The van der Waals surface area contributed by atoms with E-state index >= 15 is 0 Å². The van der Waals surface area contributed by atoms with Crippen molar-refractivity contribution in [2.75, 3.05) is 0 Å². The molecule has 1 atom stereocenters. The highest BCUT2D eigenvalue weighted by molar-refractivity contribution is 8.00. The molecule has 0 aliphatic carbocycles. The van der Waals surface area contributed by atoms with Crippen LogP contribution in [0.25, 0.3) is 0 Å². The standard InChI is InChI=1S/C19H20O3S/c1-2-19(18(21)22,23-14-15-9-5-3-6-10-15)13-17(20)16-11-7-4-8-12-16/h3-12H,2,13-14H2,1H3,(H,21,22). The lowest BCUT2D eigenvalue weighted by molar-refractivity contribution is -0.139. The Morgan fingerprint density at radius 2 is 1.57 bits per heavy atom. The number of carboxylic acids is 1. The van der Waals surface area contributed by atoms with Gasteiger partial charge in [-0.05, 0) is 12.0 Å². The van der Waals surface area contributed by atoms with Crippen LogP contribution in [0.2, 0.25) is 0 Å². The summed E-state index contributed by atoms with van der Waals surface area (Å²) >= 11 is 1.33. The van der Waals surface area contributed by atoms with Crippen LogP contribution < -0.4 is 0 Å². The fraction of sp³-hybridized carbons (Fsp3) is 0.263. The molecule has 0 radical (unpaired) electrons. The van der Waals surface area contributed by atoms with Gasteiger partial charge >= 0.3 is 5.97 Å². The van der Waals surface area contributed by atoms with Gasteiger partial charge in [-0.25, -0.2) is 0 Å². The fourth-order valence-electron chi connectivity index (χ4n) is 2.35. The number of thioether (sulfide) groups is 1. The number of carbonyl (C=O) groups excluding carboxylic acids is 1. The van der Waals surface area contributed by atoms with Crippen molar-refractivity contribution in [3.63, 3.8) is 0 Å². The third kappa shape index (κ3) is 4.45. The Morgan fingerprint density at radius 3 is 2.09 bits per heavy atom. The highest BCUT2D eigenvalue weighted by Crippen LogP contribution is 2.36. The second-order valence-electron chi connectivity index (χ2n) is 5.39. The minimum atomic E-state index is -1.09. The molecule has 1 unspecified atom stereocenters. The molecule has 120 valence electrons. The van der Waals surface area contributed by atoms with Crippen molar-refractivity contribution in [1.29, 1.82) is 0 Å². The first-order valence-corrected chi connectivity index (χ1v) is 8.55. The number of rotatable bonds is 8. The molecule has 0 aromatic heterocycles. The topological polar surface area (TPSA) is 54.4 Å². The van der Waals surface area contributed by atoms with E-state index in [-0.39, 0.29) is 12.2 Å². The summed E-state index contributed by atoms with van der Waals surface area (Å²) in [6.45, 7) is 1.82. The smallest absolute Gasteiger partial charge is 0.320 e. The normalized spacial score (nSPS) is 13.3. The lowest BCUT2D eigenvalue weighted by Gasteiger charge is -2.27. The molecule has 3 nitrogen and oxygen atoms in total. The van der Waals surface area contributed by atoms with Gasteiger partial charge in [0.15, 0.2) is 5.78 Å². The Bertz CT molecular complexity index is 655. The van der Waals surface area contributed by atoms with Crippen molar-refractivity contribution in [3.05, 3.63) is 71.8 Å². The zero-order valence-electron chi connectivity index (χ0n) is 13.1. The monoisotopic (exact) mass is 328 g/mol. The maximum Gasteiger partial charge on any atom is 0.320 e. The van der Waals surface area contributed by atoms with Crippen LogP contribution in [0.4, 0.5) is 0 Å². The van der Waals surface area contributed by atoms with Gasteiger partial charge in [-0.1, -0.05) is 67.6 Å². The number of carboxylic acid groups (broad SMARTS) is 1. The minimum absolute atomic E-state index is 0.000344. The van der Waals surface area contributed by atoms with Crippen LogP contribution in [0, 0.1) is 0 Å².